The Morgan fingerprint density at radius 1 is 1.40 bits per heavy atom. The zero-order valence-electron chi connectivity index (χ0n) is 10.3. The predicted octanol–water partition coefficient (Wildman–Crippen LogP) is 2.17. The van der Waals surface area contributed by atoms with Gasteiger partial charge in [0.15, 0.2) is 0 Å². The van der Waals surface area contributed by atoms with E-state index in [1.807, 2.05) is 6.92 Å². The van der Waals surface area contributed by atoms with Crippen LogP contribution in [0, 0.1) is 11.8 Å². The molecule has 0 spiro atoms. The normalized spacial score (nSPS) is 31.1. The smallest absolute Gasteiger partial charge is 0.0441 e. The molecule has 0 radical (unpaired) electrons. The summed E-state index contributed by atoms with van der Waals surface area (Å²) in [6.07, 6.45) is 7.36. The molecule has 0 aromatic carbocycles. The lowest BCUT2D eigenvalue weighted by molar-refractivity contribution is 0.248. The van der Waals surface area contributed by atoms with Gasteiger partial charge in [-0.25, -0.2) is 0 Å². The highest BCUT2D eigenvalue weighted by Gasteiger charge is 2.20. The monoisotopic (exact) mass is 231 g/mol. The van der Waals surface area contributed by atoms with Crippen molar-refractivity contribution in [3.63, 3.8) is 0 Å². The molecule has 1 saturated carbocycles. The first-order chi connectivity index (χ1) is 7.11. The zero-order valence-corrected chi connectivity index (χ0v) is 11.1. The Kier molecular flexibility index (Phi) is 5.83. The van der Waals surface area contributed by atoms with E-state index in [9.17, 15) is 4.21 Å². The van der Waals surface area contributed by atoms with Gasteiger partial charge in [0, 0.05) is 28.9 Å². The van der Waals surface area contributed by atoms with Crippen molar-refractivity contribution in [3.05, 3.63) is 0 Å². The van der Waals surface area contributed by atoms with Crippen LogP contribution >= 0.6 is 0 Å². The van der Waals surface area contributed by atoms with E-state index in [1.54, 1.807) is 6.26 Å². The van der Waals surface area contributed by atoms with E-state index >= 15 is 0 Å². The summed E-state index contributed by atoms with van der Waals surface area (Å²) in [5, 5.41) is 3.75. The van der Waals surface area contributed by atoms with Crippen molar-refractivity contribution in [1.29, 1.82) is 0 Å². The van der Waals surface area contributed by atoms with Crippen LogP contribution in [0.3, 0.4) is 0 Å². The third kappa shape index (κ3) is 4.64. The van der Waals surface area contributed by atoms with Crippen LogP contribution in [0.1, 0.15) is 39.5 Å². The second-order valence-electron chi connectivity index (χ2n) is 4.99. The van der Waals surface area contributed by atoms with Crippen molar-refractivity contribution in [2.75, 3.05) is 19.3 Å². The van der Waals surface area contributed by atoms with Gasteiger partial charge in [-0.1, -0.05) is 26.2 Å². The SMILES string of the molecule is C[C@@H]1CCCC[C@@H]1CNC[C@H](C)[S@@](C)=O. The first kappa shape index (κ1) is 13.2. The van der Waals surface area contributed by atoms with Crippen LogP contribution in [0.4, 0.5) is 0 Å². The molecule has 3 heteroatoms. The molecule has 0 saturated heterocycles. The van der Waals surface area contributed by atoms with E-state index in [0.29, 0.717) is 0 Å². The molecule has 0 amide bonds. The standard InChI is InChI=1S/C12H25NOS/c1-10-6-4-5-7-12(10)9-13-8-11(2)15(3)14/h10-13H,4-9H2,1-3H3/t10-,11+,12-,15-/m1/s1. The first-order valence-corrected chi connectivity index (χ1v) is 7.76. The minimum atomic E-state index is -0.688. The van der Waals surface area contributed by atoms with Gasteiger partial charge < -0.3 is 5.32 Å². The van der Waals surface area contributed by atoms with Gasteiger partial charge in [-0.15, -0.1) is 0 Å². The number of nitrogens with one attached hydrogen (secondary N) is 1. The molecule has 2 nitrogen and oxygen atoms in total. The van der Waals surface area contributed by atoms with Gasteiger partial charge in [0.1, 0.15) is 0 Å². The molecule has 1 aliphatic carbocycles. The molecule has 1 N–H and O–H groups in total. The lowest BCUT2D eigenvalue weighted by Crippen LogP contribution is -2.34. The Labute approximate surface area is 96.7 Å². The Bertz CT molecular complexity index is 208. The fourth-order valence-corrected chi connectivity index (χ4v) is 2.64. The highest BCUT2D eigenvalue weighted by Crippen LogP contribution is 2.28. The van der Waals surface area contributed by atoms with E-state index < -0.39 is 10.8 Å². The maximum absolute atomic E-state index is 11.2. The molecule has 0 bridgehead atoms. The molecular weight excluding hydrogens is 206 g/mol. The molecule has 15 heavy (non-hydrogen) atoms. The third-order valence-corrected chi connectivity index (χ3v) is 4.99. The van der Waals surface area contributed by atoms with Crippen LogP contribution in [-0.4, -0.2) is 28.8 Å². The Balaban J connectivity index is 2.16. The summed E-state index contributed by atoms with van der Waals surface area (Å²) in [5.74, 6) is 1.71. The molecule has 1 rings (SSSR count). The van der Waals surface area contributed by atoms with Gasteiger partial charge in [-0.3, -0.25) is 4.21 Å². The lowest BCUT2D eigenvalue weighted by atomic mass is 9.80. The maximum atomic E-state index is 11.2. The Morgan fingerprint density at radius 2 is 2.07 bits per heavy atom. The van der Waals surface area contributed by atoms with Gasteiger partial charge in [-0.05, 0) is 31.7 Å². The highest BCUT2D eigenvalue weighted by molar-refractivity contribution is 7.84. The average Bonchev–Trinajstić information content (AvgIpc) is 2.20. The summed E-state index contributed by atoms with van der Waals surface area (Å²) < 4.78 is 11.2. The first-order valence-electron chi connectivity index (χ1n) is 6.14. The van der Waals surface area contributed by atoms with Gasteiger partial charge in [0.2, 0.25) is 0 Å². The summed E-state index contributed by atoms with van der Waals surface area (Å²) in [5.41, 5.74) is 0. The molecule has 1 aliphatic rings. The topological polar surface area (TPSA) is 29.1 Å². The van der Waals surface area contributed by atoms with Gasteiger partial charge in [-0.2, -0.15) is 0 Å². The van der Waals surface area contributed by atoms with E-state index in [2.05, 4.69) is 12.2 Å². The minimum Gasteiger partial charge on any atom is -0.315 e. The number of hydrogen-bond acceptors (Lipinski definition) is 2. The predicted molar refractivity (Wildman–Crippen MR) is 67.5 cm³/mol. The van der Waals surface area contributed by atoms with Crippen LogP contribution in [0.5, 0.6) is 0 Å². The molecular formula is C12H25NOS. The number of hydrogen-bond donors (Lipinski definition) is 1. The van der Waals surface area contributed by atoms with Gasteiger partial charge in [0.25, 0.3) is 0 Å². The van der Waals surface area contributed by atoms with Crippen LogP contribution in [0.2, 0.25) is 0 Å². The molecule has 0 unspecified atom stereocenters. The van der Waals surface area contributed by atoms with Gasteiger partial charge >= 0.3 is 0 Å². The molecule has 0 aromatic rings. The fourth-order valence-electron chi connectivity index (χ4n) is 2.29. The van der Waals surface area contributed by atoms with Gasteiger partial charge in [0.05, 0.1) is 0 Å². The molecule has 4 atom stereocenters. The van der Waals surface area contributed by atoms with Crippen LogP contribution in [-0.2, 0) is 10.8 Å². The average molecular weight is 231 g/mol. The summed E-state index contributed by atoms with van der Waals surface area (Å²) in [7, 11) is -0.688. The molecule has 90 valence electrons. The van der Waals surface area contributed by atoms with E-state index in [1.165, 1.54) is 25.7 Å². The number of rotatable bonds is 5. The second kappa shape index (κ2) is 6.64. The Morgan fingerprint density at radius 3 is 2.67 bits per heavy atom. The van der Waals surface area contributed by atoms with Crippen LogP contribution < -0.4 is 5.32 Å². The fraction of sp³-hybridized carbons (Fsp3) is 1.00. The third-order valence-electron chi connectivity index (χ3n) is 3.69. The van der Waals surface area contributed by atoms with Crippen LogP contribution in [0.15, 0.2) is 0 Å². The summed E-state index contributed by atoms with van der Waals surface area (Å²) in [6, 6.07) is 0. The minimum absolute atomic E-state index is 0.281. The van der Waals surface area contributed by atoms with E-state index in [0.717, 1.165) is 24.9 Å². The van der Waals surface area contributed by atoms with Crippen molar-refractivity contribution in [3.8, 4) is 0 Å². The van der Waals surface area contributed by atoms with Crippen molar-refractivity contribution >= 4 is 10.8 Å². The highest BCUT2D eigenvalue weighted by atomic mass is 32.2. The lowest BCUT2D eigenvalue weighted by Gasteiger charge is -2.29. The summed E-state index contributed by atoms with van der Waals surface area (Å²) in [6.45, 7) is 6.43. The van der Waals surface area contributed by atoms with E-state index in [-0.39, 0.29) is 5.25 Å². The van der Waals surface area contributed by atoms with Crippen molar-refractivity contribution in [2.24, 2.45) is 11.8 Å². The maximum Gasteiger partial charge on any atom is 0.0441 e. The second-order valence-corrected chi connectivity index (χ2v) is 6.79. The molecule has 0 aromatic heterocycles. The van der Waals surface area contributed by atoms with E-state index in [4.69, 9.17) is 0 Å². The Hall–Kier alpha value is 0.110. The van der Waals surface area contributed by atoms with Crippen molar-refractivity contribution < 1.29 is 4.21 Å². The zero-order chi connectivity index (χ0) is 11.3. The molecule has 0 aliphatic heterocycles. The van der Waals surface area contributed by atoms with Crippen LogP contribution in [0.25, 0.3) is 0 Å². The molecule has 0 heterocycles. The quantitative estimate of drug-likeness (QED) is 0.785. The van der Waals surface area contributed by atoms with Crippen molar-refractivity contribution in [2.45, 2.75) is 44.8 Å². The largest absolute Gasteiger partial charge is 0.315 e. The molecule has 1 fully saturated rings. The van der Waals surface area contributed by atoms with Crippen molar-refractivity contribution in [1.82, 2.24) is 5.32 Å². The summed E-state index contributed by atoms with van der Waals surface area (Å²) >= 11 is 0. The summed E-state index contributed by atoms with van der Waals surface area (Å²) in [4.78, 5) is 0.